The summed E-state index contributed by atoms with van der Waals surface area (Å²) in [6.07, 6.45) is -0.241. The Labute approximate surface area is 235 Å². The molecule has 1 fully saturated rings. The van der Waals surface area contributed by atoms with Crippen LogP contribution in [0.15, 0.2) is 42.5 Å². The molecule has 5 unspecified atom stereocenters. The van der Waals surface area contributed by atoms with Crippen molar-refractivity contribution in [3.63, 3.8) is 0 Å². The quantitative estimate of drug-likeness (QED) is 0.230. The summed E-state index contributed by atoms with van der Waals surface area (Å²) < 4.78 is 24.7. The maximum atomic E-state index is 12.1. The smallest absolute Gasteiger partial charge is 0.303 e. The van der Waals surface area contributed by atoms with Crippen LogP contribution in [0, 0.1) is 11.8 Å². The summed E-state index contributed by atoms with van der Waals surface area (Å²) in [5.41, 5.74) is 3.09. The summed E-state index contributed by atoms with van der Waals surface area (Å²) in [5.74, 6) is 0.805. The van der Waals surface area contributed by atoms with Crippen LogP contribution in [-0.4, -0.2) is 39.7 Å². The zero-order valence-electron chi connectivity index (χ0n) is 24.5. The van der Waals surface area contributed by atoms with Gasteiger partial charge in [0.05, 0.1) is 19.3 Å². The van der Waals surface area contributed by atoms with Crippen molar-refractivity contribution >= 4 is 25.9 Å². The fourth-order valence-electron chi connectivity index (χ4n) is 4.63. The minimum absolute atomic E-state index is 0.0934. The zero-order chi connectivity index (χ0) is 28.3. The Hall–Kier alpha value is -1.86. The van der Waals surface area contributed by atoms with Crippen molar-refractivity contribution < 1.29 is 23.4 Å². The monoisotopic (exact) mass is 560 g/mol. The standard InChI is InChI=1S/C31H45ClO5Si/c1-10-34-26-14-11-23(12-15-26)17-25-18-24(13-16-27(25)32)30-29(36-22(4)33)21(3)20(2)28(37-30)19-35-38(8,9)31(5,6)7/h11-16,18,20-21,28-30H,10,17,19H2,1-9H3. The molecule has 2 aromatic rings. The van der Waals surface area contributed by atoms with Crippen LogP contribution < -0.4 is 4.74 Å². The molecule has 1 aliphatic rings. The number of hydrogen-bond donors (Lipinski definition) is 0. The highest BCUT2D eigenvalue weighted by molar-refractivity contribution is 6.74. The second kappa shape index (κ2) is 12.5. The molecule has 1 aliphatic heterocycles. The summed E-state index contributed by atoms with van der Waals surface area (Å²) in [7, 11) is -1.95. The molecule has 0 radical (unpaired) electrons. The van der Waals surface area contributed by atoms with Crippen LogP contribution in [0.3, 0.4) is 0 Å². The van der Waals surface area contributed by atoms with Crippen molar-refractivity contribution in [2.75, 3.05) is 13.2 Å². The lowest BCUT2D eigenvalue weighted by molar-refractivity contribution is -0.201. The lowest BCUT2D eigenvalue weighted by atomic mass is 9.79. The van der Waals surface area contributed by atoms with E-state index in [9.17, 15) is 4.79 Å². The third-order valence-corrected chi connectivity index (χ3v) is 13.2. The lowest BCUT2D eigenvalue weighted by Gasteiger charge is -2.46. The number of hydrogen-bond acceptors (Lipinski definition) is 5. The number of rotatable bonds is 9. The molecule has 3 rings (SSSR count). The fraction of sp³-hybridized carbons (Fsp3) is 0.581. The number of carbonyl (C=O) groups is 1. The van der Waals surface area contributed by atoms with E-state index in [4.69, 9.17) is 30.2 Å². The van der Waals surface area contributed by atoms with E-state index in [0.717, 1.165) is 22.4 Å². The molecule has 0 N–H and O–H groups in total. The van der Waals surface area contributed by atoms with Gasteiger partial charge >= 0.3 is 5.97 Å². The molecule has 0 spiro atoms. The van der Waals surface area contributed by atoms with Gasteiger partial charge in [0, 0.05) is 17.9 Å². The van der Waals surface area contributed by atoms with Crippen molar-refractivity contribution in [2.24, 2.45) is 11.8 Å². The Morgan fingerprint density at radius 3 is 2.29 bits per heavy atom. The average molecular weight is 561 g/mol. The molecule has 38 heavy (non-hydrogen) atoms. The SMILES string of the molecule is CCOc1ccc(Cc2cc(C3OC(CO[Si](C)(C)C(C)(C)C)C(C)C(C)C3OC(C)=O)ccc2Cl)cc1. The highest BCUT2D eigenvalue weighted by atomic mass is 35.5. The van der Waals surface area contributed by atoms with Crippen LogP contribution in [0.1, 0.15) is 71.3 Å². The Morgan fingerprint density at radius 1 is 1.05 bits per heavy atom. The van der Waals surface area contributed by atoms with Gasteiger partial charge in [0.15, 0.2) is 8.32 Å². The van der Waals surface area contributed by atoms with Gasteiger partial charge in [-0.2, -0.15) is 0 Å². The Morgan fingerprint density at radius 2 is 1.71 bits per heavy atom. The summed E-state index contributed by atoms with van der Waals surface area (Å²) in [6, 6.07) is 14.1. The summed E-state index contributed by atoms with van der Waals surface area (Å²) >= 11 is 6.64. The van der Waals surface area contributed by atoms with Gasteiger partial charge in [-0.15, -0.1) is 0 Å². The maximum absolute atomic E-state index is 12.1. The van der Waals surface area contributed by atoms with E-state index in [1.54, 1.807) is 0 Å². The third-order valence-electron chi connectivity index (χ3n) is 8.30. The number of benzene rings is 2. The molecule has 0 amide bonds. The molecule has 210 valence electrons. The van der Waals surface area contributed by atoms with Gasteiger partial charge in [-0.1, -0.05) is 70.5 Å². The van der Waals surface area contributed by atoms with Gasteiger partial charge in [0.2, 0.25) is 0 Å². The first-order chi connectivity index (χ1) is 17.7. The molecule has 1 saturated heterocycles. The van der Waals surface area contributed by atoms with Crippen molar-refractivity contribution in [2.45, 2.75) is 91.3 Å². The molecular formula is C31H45ClO5Si. The van der Waals surface area contributed by atoms with Crippen LogP contribution >= 0.6 is 11.6 Å². The predicted molar refractivity (Wildman–Crippen MR) is 157 cm³/mol. The van der Waals surface area contributed by atoms with Gasteiger partial charge in [-0.25, -0.2) is 0 Å². The zero-order valence-corrected chi connectivity index (χ0v) is 26.2. The van der Waals surface area contributed by atoms with E-state index < -0.39 is 20.5 Å². The minimum atomic E-state index is -1.95. The van der Waals surface area contributed by atoms with E-state index in [1.165, 1.54) is 6.92 Å². The normalized spacial score (nSPS) is 24.2. The number of carbonyl (C=O) groups excluding carboxylic acids is 1. The molecule has 0 bridgehead atoms. The first-order valence-electron chi connectivity index (χ1n) is 13.7. The first kappa shape index (κ1) is 30.7. The van der Waals surface area contributed by atoms with Gasteiger partial charge in [0.1, 0.15) is 18.0 Å². The number of ether oxygens (including phenoxy) is 3. The Kier molecular flexibility index (Phi) is 10.1. The Bertz CT molecular complexity index is 1080. The van der Waals surface area contributed by atoms with Crippen LogP contribution in [0.25, 0.3) is 0 Å². The molecule has 2 aromatic carbocycles. The van der Waals surface area contributed by atoms with E-state index in [0.29, 0.717) is 24.7 Å². The molecule has 0 saturated carbocycles. The fourth-order valence-corrected chi connectivity index (χ4v) is 5.83. The molecule has 0 aliphatic carbocycles. The van der Waals surface area contributed by atoms with Crippen LogP contribution in [0.2, 0.25) is 23.2 Å². The van der Waals surface area contributed by atoms with Crippen molar-refractivity contribution in [1.82, 2.24) is 0 Å². The van der Waals surface area contributed by atoms with Crippen molar-refractivity contribution in [1.29, 1.82) is 0 Å². The summed E-state index contributed by atoms with van der Waals surface area (Å²) in [6.45, 7) is 20.1. The summed E-state index contributed by atoms with van der Waals surface area (Å²) in [4.78, 5) is 12.1. The molecule has 7 heteroatoms. The predicted octanol–water partition coefficient (Wildman–Crippen LogP) is 8.00. The number of halogens is 1. The first-order valence-corrected chi connectivity index (χ1v) is 17.0. The molecule has 1 heterocycles. The van der Waals surface area contributed by atoms with Gasteiger partial charge in [-0.05, 0) is 72.3 Å². The Balaban J connectivity index is 1.88. The lowest BCUT2D eigenvalue weighted by Crippen LogP contribution is -2.50. The summed E-state index contributed by atoms with van der Waals surface area (Å²) in [5, 5.41) is 0.809. The van der Waals surface area contributed by atoms with Crippen LogP contribution in [-0.2, 0) is 25.1 Å². The van der Waals surface area contributed by atoms with Crippen molar-refractivity contribution in [3.05, 3.63) is 64.2 Å². The minimum Gasteiger partial charge on any atom is -0.494 e. The largest absolute Gasteiger partial charge is 0.494 e. The third kappa shape index (κ3) is 7.41. The molecular weight excluding hydrogens is 516 g/mol. The van der Waals surface area contributed by atoms with Gasteiger partial charge < -0.3 is 18.6 Å². The van der Waals surface area contributed by atoms with E-state index >= 15 is 0 Å². The highest BCUT2D eigenvalue weighted by Crippen LogP contribution is 2.43. The van der Waals surface area contributed by atoms with E-state index in [1.807, 2.05) is 31.2 Å². The van der Waals surface area contributed by atoms with Gasteiger partial charge in [0.25, 0.3) is 0 Å². The van der Waals surface area contributed by atoms with Crippen LogP contribution in [0.5, 0.6) is 5.75 Å². The second-order valence-corrected chi connectivity index (χ2v) is 17.3. The topological polar surface area (TPSA) is 54.0 Å². The molecule has 0 aromatic heterocycles. The van der Waals surface area contributed by atoms with E-state index in [2.05, 4.69) is 65.9 Å². The highest BCUT2D eigenvalue weighted by Gasteiger charge is 2.45. The van der Waals surface area contributed by atoms with E-state index in [-0.39, 0.29) is 28.9 Å². The average Bonchev–Trinajstić information content (AvgIpc) is 2.83. The number of esters is 1. The van der Waals surface area contributed by atoms with Crippen molar-refractivity contribution in [3.8, 4) is 5.75 Å². The van der Waals surface area contributed by atoms with Crippen LogP contribution in [0.4, 0.5) is 0 Å². The van der Waals surface area contributed by atoms with Gasteiger partial charge in [-0.3, -0.25) is 4.79 Å². The molecule has 5 atom stereocenters. The maximum Gasteiger partial charge on any atom is 0.303 e. The second-order valence-electron chi connectivity index (χ2n) is 12.1. The molecule has 5 nitrogen and oxygen atoms in total.